The number of aliphatic hydroxyl groups is 1. The number of carbonyl (C=O) groups is 3. The molecule has 168 valence electrons. The monoisotopic (exact) mass is 446 g/mol. The van der Waals surface area contributed by atoms with Crippen molar-refractivity contribution < 1.29 is 24.2 Å². The van der Waals surface area contributed by atoms with E-state index in [0.717, 1.165) is 0 Å². The van der Waals surface area contributed by atoms with Crippen LogP contribution < -0.4 is 5.32 Å². The fourth-order valence-corrected chi connectivity index (χ4v) is 3.01. The standard InChI is InChI=1S/C24H22N4O5/c25-14-17(24-27-18-8-4-5-9-19(18)28-24)21(30)15-33-23(32)12-13-26-22(31)11-10-20(29)16-6-2-1-3-7-16/h1-9,30H,10-13,15H2,(H,26,31)(H,27,28). The molecule has 1 amide bonds. The second-order valence-electron chi connectivity index (χ2n) is 7.09. The van der Waals surface area contributed by atoms with Crippen LogP contribution in [0.4, 0.5) is 0 Å². The van der Waals surface area contributed by atoms with Gasteiger partial charge in [0.1, 0.15) is 18.2 Å². The van der Waals surface area contributed by atoms with Crippen molar-refractivity contribution in [1.29, 1.82) is 5.26 Å². The molecule has 0 aliphatic rings. The topological polar surface area (TPSA) is 145 Å². The van der Waals surface area contributed by atoms with Crippen molar-refractivity contribution in [2.45, 2.75) is 19.3 Å². The number of Topliss-reactive ketones (excluding diaryl/α,β-unsaturated/α-hetero) is 1. The highest BCUT2D eigenvalue weighted by molar-refractivity contribution is 5.97. The van der Waals surface area contributed by atoms with Gasteiger partial charge in [0.15, 0.2) is 17.4 Å². The molecule has 1 heterocycles. The van der Waals surface area contributed by atoms with E-state index < -0.39 is 18.3 Å². The van der Waals surface area contributed by atoms with Gasteiger partial charge in [0, 0.05) is 24.9 Å². The zero-order valence-electron chi connectivity index (χ0n) is 17.7. The number of carbonyl (C=O) groups excluding carboxylic acids is 3. The van der Waals surface area contributed by atoms with Gasteiger partial charge in [-0.2, -0.15) is 5.26 Å². The van der Waals surface area contributed by atoms with Gasteiger partial charge < -0.3 is 20.1 Å². The Morgan fingerprint density at radius 2 is 1.76 bits per heavy atom. The third kappa shape index (κ3) is 6.51. The molecule has 0 aliphatic heterocycles. The van der Waals surface area contributed by atoms with Crippen LogP contribution in [0.3, 0.4) is 0 Å². The van der Waals surface area contributed by atoms with Gasteiger partial charge in [0.2, 0.25) is 5.91 Å². The zero-order valence-corrected chi connectivity index (χ0v) is 17.7. The number of nitriles is 1. The molecule has 2 aromatic carbocycles. The number of nitrogens with zero attached hydrogens (tertiary/aromatic N) is 2. The SMILES string of the molecule is N#CC(=C(O)COC(=O)CCNC(=O)CCC(=O)c1ccccc1)c1nc2ccccc2[nH]1. The molecule has 0 fully saturated rings. The van der Waals surface area contributed by atoms with Gasteiger partial charge >= 0.3 is 5.97 Å². The number of para-hydroxylation sites is 2. The number of H-pyrrole nitrogens is 1. The van der Waals surface area contributed by atoms with Gasteiger partial charge in [-0.05, 0) is 12.1 Å². The maximum Gasteiger partial charge on any atom is 0.308 e. The highest BCUT2D eigenvalue weighted by Crippen LogP contribution is 2.18. The molecule has 9 nitrogen and oxygen atoms in total. The maximum absolute atomic E-state index is 12.0. The number of aliphatic hydroxyl groups excluding tert-OH is 1. The number of aromatic amines is 1. The Hall–Kier alpha value is -4.45. The summed E-state index contributed by atoms with van der Waals surface area (Å²) in [4.78, 5) is 42.9. The van der Waals surface area contributed by atoms with E-state index in [4.69, 9.17) is 4.74 Å². The van der Waals surface area contributed by atoms with Crippen LogP contribution in [0.15, 0.2) is 60.4 Å². The van der Waals surface area contributed by atoms with Crippen molar-refractivity contribution in [2.75, 3.05) is 13.2 Å². The number of fused-ring (bicyclic) bond motifs is 1. The summed E-state index contributed by atoms with van der Waals surface area (Å²) in [5.41, 5.74) is 1.74. The molecule has 33 heavy (non-hydrogen) atoms. The average Bonchev–Trinajstić information content (AvgIpc) is 3.26. The Kier molecular flexibility index (Phi) is 7.91. The van der Waals surface area contributed by atoms with Crippen LogP contribution in [-0.4, -0.2) is 45.9 Å². The summed E-state index contributed by atoms with van der Waals surface area (Å²) in [7, 11) is 0. The third-order valence-corrected chi connectivity index (χ3v) is 4.72. The number of aromatic nitrogens is 2. The zero-order chi connectivity index (χ0) is 23.6. The summed E-state index contributed by atoms with van der Waals surface area (Å²) in [6.07, 6.45) is -0.0504. The highest BCUT2D eigenvalue weighted by Gasteiger charge is 2.15. The smallest absolute Gasteiger partial charge is 0.308 e. The summed E-state index contributed by atoms with van der Waals surface area (Å²) in [6.45, 7) is -0.478. The van der Waals surface area contributed by atoms with E-state index in [1.807, 2.05) is 12.1 Å². The number of ether oxygens (including phenoxy) is 1. The Morgan fingerprint density at radius 3 is 2.48 bits per heavy atom. The molecule has 3 N–H and O–H groups in total. The first-order valence-corrected chi connectivity index (χ1v) is 10.3. The first-order chi connectivity index (χ1) is 16.0. The summed E-state index contributed by atoms with van der Waals surface area (Å²) < 4.78 is 4.98. The van der Waals surface area contributed by atoms with E-state index in [-0.39, 0.29) is 48.9 Å². The highest BCUT2D eigenvalue weighted by atomic mass is 16.5. The van der Waals surface area contributed by atoms with E-state index in [1.165, 1.54) is 0 Å². The van der Waals surface area contributed by atoms with Crippen LogP contribution in [0.25, 0.3) is 16.6 Å². The molecule has 3 aromatic rings. The first kappa shape index (κ1) is 23.2. The lowest BCUT2D eigenvalue weighted by Gasteiger charge is -2.07. The molecular formula is C24H22N4O5. The Morgan fingerprint density at radius 1 is 1.03 bits per heavy atom. The molecule has 0 radical (unpaired) electrons. The first-order valence-electron chi connectivity index (χ1n) is 10.3. The van der Waals surface area contributed by atoms with Crippen molar-refractivity contribution in [3.05, 3.63) is 71.7 Å². The molecule has 0 spiro atoms. The summed E-state index contributed by atoms with van der Waals surface area (Å²) >= 11 is 0. The molecule has 3 rings (SSSR count). The number of imidazole rings is 1. The number of amides is 1. The van der Waals surface area contributed by atoms with Gasteiger partial charge in [0.05, 0.1) is 17.5 Å². The lowest BCUT2D eigenvalue weighted by molar-refractivity contribution is -0.143. The Bertz CT molecular complexity index is 1190. The lowest BCUT2D eigenvalue weighted by atomic mass is 10.1. The van der Waals surface area contributed by atoms with Crippen LogP contribution in [0.2, 0.25) is 0 Å². The van der Waals surface area contributed by atoms with Crippen molar-refractivity contribution in [2.24, 2.45) is 0 Å². The van der Waals surface area contributed by atoms with Crippen molar-refractivity contribution in [3.63, 3.8) is 0 Å². The van der Waals surface area contributed by atoms with Crippen LogP contribution >= 0.6 is 0 Å². The summed E-state index contributed by atoms with van der Waals surface area (Å²) in [5.74, 6) is -1.42. The van der Waals surface area contributed by atoms with Crippen molar-refractivity contribution >= 4 is 34.3 Å². The summed E-state index contributed by atoms with van der Waals surface area (Å²) in [5, 5.41) is 22.1. The quantitative estimate of drug-likeness (QED) is 0.188. The largest absolute Gasteiger partial charge is 0.507 e. The second kappa shape index (κ2) is 11.2. The molecule has 9 heteroatoms. The third-order valence-electron chi connectivity index (χ3n) is 4.72. The number of esters is 1. The van der Waals surface area contributed by atoms with E-state index >= 15 is 0 Å². The predicted octanol–water partition coefficient (Wildman–Crippen LogP) is 3.07. The fraction of sp³-hybridized carbons (Fsp3) is 0.208. The molecule has 0 aliphatic carbocycles. The molecule has 0 bridgehead atoms. The molecule has 1 aromatic heterocycles. The van der Waals surface area contributed by atoms with Gasteiger partial charge in [-0.15, -0.1) is 0 Å². The van der Waals surface area contributed by atoms with Gasteiger partial charge in [0.25, 0.3) is 0 Å². The normalized spacial score (nSPS) is 11.4. The average molecular weight is 446 g/mol. The van der Waals surface area contributed by atoms with E-state index in [9.17, 15) is 24.8 Å². The van der Waals surface area contributed by atoms with Gasteiger partial charge in [-0.3, -0.25) is 14.4 Å². The fourth-order valence-electron chi connectivity index (χ4n) is 3.01. The Balaban J connectivity index is 1.41. The van der Waals surface area contributed by atoms with Crippen LogP contribution in [0.5, 0.6) is 0 Å². The predicted molar refractivity (Wildman–Crippen MR) is 120 cm³/mol. The van der Waals surface area contributed by atoms with Crippen LogP contribution in [0.1, 0.15) is 35.4 Å². The van der Waals surface area contributed by atoms with Crippen LogP contribution in [0, 0.1) is 11.3 Å². The molecule has 0 unspecified atom stereocenters. The van der Waals surface area contributed by atoms with Gasteiger partial charge in [-0.25, -0.2) is 4.98 Å². The van der Waals surface area contributed by atoms with E-state index in [2.05, 4.69) is 15.3 Å². The number of hydrogen-bond donors (Lipinski definition) is 3. The minimum absolute atomic E-state index is 0.00926. The van der Waals surface area contributed by atoms with Gasteiger partial charge in [-0.1, -0.05) is 42.5 Å². The number of ketones is 1. The molecule has 0 saturated carbocycles. The number of benzene rings is 2. The van der Waals surface area contributed by atoms with Crippen LogP contribution in [-0.2, 0) is 14.3 Å². The number of hydrogen-bond acceptors (Lipinski definition) is 7. The van der Waals surface area contributed by atoms with E-state index in [1.54, 1.807) is 48.5 Å². The Labute approximate surface area is 189 Å². The minimum atomic E-state index is -0.663. The number of nitrogens with one attached hydrogen (secondary N) is 2. The van der Waals surface area contributed by atoms with E-state index in [0.29, 0.717) is 16.6 Å². The second-order valence-corrected chi connectivity index (χ2v) is 7.09. The lowest BCUT2D eigenvalue weighted by Crippen LogP contribution is -2.27. The molecular weight excluding hydrogens is 424 g/mol. The van der Waals surface area contributed by atoms with Crippen molar-refractivity contribution in [3.8, 4) is 6.07 Å². The van der Waals surface area contributed by atoms with Crippen molar-refractivity contribution in [1.82, 2.24) is 15.3 Å². The number of rotatable bonds is 10. The minimum Gasteiger partial charge on any atom is -0.507 e. The maximum atomic E-state index is 12.0. The molecule has 0 saturated heterocycles. The number of allylic oxidation sites excluding steroid dienone is 1. The molecule has 0 atom stereocenters. The summed E-state index contributed by atoms with van der Waals surface area (Å²) in [6, 6.07) is 17.7.